The summed E-state index contributed by atoms with van der Waals surface area (Å²) in [5, 5.41) is 12.2. The third-order valence-electron chi connectivity index (χ3n) is 6.21. The van der Waals surface area contributed by atoms with E-state index in [1.807, 2.05) is 60.7 Å². The van der Waals surface area contributed by atoms with Crippen LogP contribution in [0.3, 0.4) is 0 Å². The maximum absolute atomic E-state index is 14.1. The van der Waals surface area contributed by atoms with Gasteiger partial charge in [-0.2, -0.15) is 0 Å². The zero-order valence-corrected chi connectivity index (χ0v) is 35.9. The van der Waals surface area contributed by atoms with Gasteiger partial charge in [-0.05, 0) is 33.8 Å². The SMILES string of the molecule is O=C(OP(P(P)P(P)P)P(P(P)P)P(P)P)C1CCc2c([N+](=O)[O-])cc(N=C(c3ccccc3)c3ccccc3)c(=O)n21. The van der Waals surface area contributed by atoms with Gasteiger partial charge in [-0.3, -0.25) is 19.5 Å². The molecule has 0 bridgehead atoms. The van der Waals surface area contributed by atoms with E-state index in [0.29, 0.717) is 5.71 Å². The highest BCUT2D eigenvalue weighted by Gasteiger charge is 2.42. The Labute approximate surface area is 273 Å². The molecule has 3 aromatic rings. The van der Waals surface area contributed by atoms with Crippen molar-refractivity contribution >= 4 is 128 Å². The van der Waals surface area contributed by atoms with Crippen molar-refractivity contribution in [3.8, 4) is 0 Å². The van der Waals surface area contributed by atoms with Gasteiger partial charge in [0.1, 0.15) is 17.4 Å². The van der Waals surface area contributed by atoms with Crippen molar-refractivity contribution in [3.63, 3.8) is 0 Å². The Hall–Kier alpha value is 1.52. The van der Waals surface area contributed by atoms with Crippen LogP contribution >= 0.6 is 105 Å². The van der Waals surface area contributed by atoms with Gasteiger partial charge in [0, 0.05) is 31.2 Å². The zero-order valence-electron chi connectivity index (χ0n) is 22.5. The number of rotatable bonds is 11. The van der Waals surface area contributed by atoms with Crippen molar-refractivity contribution in [1.29, 1.82) is 0 Å². The fourth-order valence-electron chi connectivity index (χ4n) is 4.38. The lowest BCUT2D eigenvalue weighted by Crippen LogP contribution is -2.28. The van der Waals surface area contributed by atoms with Crippen LogP contribution in [0.2, 0.25) is 0 Å². The number of hydrogen-bond donors (Lipinski definition) is 0. The summed E-state index contributed by atoms with van der Waals surface area (Å²) >= 11 is 0. The number of hydrogen-bond acceptors (Lipinski definition) is 6. The van der Waals surface area contributed by atoms with Gasteiger partial charge in [-0.15, -0.1) is 53.6 Å². The topological polar surface area (TPSA) is 104 Å². The van der Waals surface area contributed by atoms with E-state index in [-0.39, 0.29) is 29.9 Å². The van der Waals surface area contributed by atoms with Crippen LogP contribution in [-0.4, -0.2) is 21.2 Å². The molecule has 43 heavy (non-hydrogen) atoms. The molecule has 0 spiro atoms. The van der Waals surface area contributed by atoms with Crippen LogP contribution in [0.4, 0.5) is 11.4 Å². The minimum atomic E-state index is -1.13. The minimum absolute atomic E-state index is 0.0917. The largest absolute Gasteiger partial charge is 0.433 e. The molecule has 1 aliphatic heterocycles. The van der Waals surface area contributed by atoms with Gasteiger partial charge < -0.3 is 4.52 Å². The van der Waals surface area contributed by atoms with E-state index in [0.717, 1.165) is 11.1 Å². The van der Waals surface area contributed by atoms with Gasteiger partial charge in [0.05, 0.1) is 10.6 Å². The van der Waals surface area contributed by atoms with Crippen molar-refractivity contribution in [2.75, 3.05) is 0 Å². The molecule has 1 aromatic heterocycles. The molecule has 0 N–H and O–H groups in total. The van der Waals surface area contributed by atoms with Crippen LogP contribution in [0.25, 0.3) is 0 Å². The number of carbonyl (C=O) groups excluding carboxylic acids is 1. The van der Waals surface area contributed by atoms with Crippen LogP contribution in [0, 0.1) is 10.1 Å². The first-order chi connectivity index (χ1) is 20.4. The Bertz CT molecular complexity index is 1510. The number of nitro groups is 1. The van der Waals surface area contributed by atoms with Gasteiger partial charge in [0.15, 0.2) is 7.53 Å². The van der Waals surface area contributed by atoms with Crippen molar-refractivity contribution in [1.82, 2.24) is 4.57 Å². The van der Waals surface area contributed by atoms with E-state index in [2.05, 4.69) is 62.5 Å². The zero-order chi connectivity index (χ0) is 31.4. The molecule has 0 amide bonds. The summed E-state index contributed by atoms with van der Waals surface area (Å²) in [5.74, 6) is -0.498. The van der Waals surface area contributed by atoms with Gasteiger partial charge in [-0.1, -0.05) is 69.6 Å². The molecule has 4 rings (SSSR count). The molecule has 228 valence electrons. The number of fused-ring (bicyclic) bond motifs is 1. The Morgan fingerprint density at radius 1 is 0.907 bits per heavy atom. The second kappa shape index (κ2) is 17.3. The third-order valence-corrected chi connectivity index (χ3v) is 76.8. The first-order valence-corrected chi connectivity index (χ1v) is 35.1. The van der Waals surface area contributed by atoms with Crippen LogP contribution < -0.4 is 5.56 Å². The predicted molar refractivity (Wildman–Crippen MR) is 218 cm³/mol. The molecule has 0 saturated heterocycles. The number of carbonyl (C=O) groups is 1. The maximum Gasteiger partial charge on any atom is 0.332 e. The van der Waals surface area contributed by atoms with Crippen molar-refractivity contribution in [3.05, 3.63) is 104 Å². The van der Waals surface area contributed by atoms with E-state index in [4.69, 9.17) is 9.52 Å². The normalized spacial score (nSPS) is 15.9. The van der Waals surface area contributed by atoms with Crippen LogP contribution in [-0.2, 0) is 15.7 Å². The monoisotopic (exact) mass is 819 g/mol. The highest BCUT2D eigenvalue weighted by molar-refractivity contribution is 9.19. The highest BCUT2D eigenvalue weighted by atomic mass is 33.2. The van der Waals surface area contributed by atoms with Crippen LogP contribution in [0.15, 0.2) is 76.5 Å². The maximum atomic E-state index is 14.1. The van der Waals surface area contributed by atoms with Crippen LogP contribution in [0.5, 0.6) is 0 Å². The van der Waals surface area contributed by atoms with Gasteiger partial charge >= 0.3 is 5.97 Å². The molecule has 10 unspecified atom stereocenters. The second-order valence-corrected chi connectivity index (χ2v) is 57.7. The average molecular weight is 819 g/mol. The molecule has 21 heteroatoms. The number of aromatic nitrogens is 1. The average Bonchev–Trinajstić information content (AvgIpc) is 3.42. The molecular formula is C22H30N3O5P13. The summed E-state index contributed by atoms with van der Waals surface area (Å²) in [6.45, 7) is -2.89. The quantitative estimate of drug-likeness (QED) is 0.0829. The van der Waals surface area contributed by atoms with E-state index in [1.54, 1.807) is 0 Å². The first-order valence-electron chi connectivity index (χ1n) is 12.3. The molecule has 0 radical (unpaired) electrons. The highest BCUT2D eigenvalue weighted by Crippen LogP contribution is 3.17. The number of nitrogens with zero attached hydrogens (tertiary/aromatic N) is 3. The van der Waals surface area contributed by atoms with Crippen molar-refractivity contribution < 1.29 is 14.2 Å². The Morgan fingerprint density at radius 3 is 1.91 bits per heavy atom. The van der Waals surface area contributed by atoms with Crippen molar-refractivity contribution in [2.45, 2.75) is 18.9 Å². The number of pyridine rings is 1. The Morgan fingerprint density at radius 2 is 1.44 bits per heavy atom. The lowest BCUT2D eigenvalue weighted by molar-refractivity contribution is -0.386. The summed E-state index contributed by atoms with van der Waals surface area (Å²) in [5.41, 5.74) is 1.40. The van der Waals surface area contributed by atoms with Gasteiger partial charge in [0.25, 0.3) is 11.2 Å². The molecule has 0 aliphatic carbocycles. The second-order valence-electron chi connectivity index (χ2n) is 8.93. The van der Waals surface area contributed by atoms with E-state index < -0.39 is 65.0 Å². The molecule has 8 nitrogen and oxygen atoms in total. The number of aliphatic imine (C=N–C) groups is 1. The van der Waals surface area contributed by atoms with Gasteiger partial charge in [0.2, 0.25) is 0 Å². The lowest BCUT2D eigenvalue weighted by atomic mass is 10.0. The third kappa shape index (κ3) is 9.16. The van der Waals surface area contributed by atoms with Gasteiger partial charge in [-0.25, -0.2) is 9.79 Å². The Kier molecular flexibility index (Phi) is 15.0. The smallest absolute Gasteiger partial charge is 0.332 e. The molecule has 0 fully saturated rings. The summed E-state index contributed by atoms with van der Waals surface area (Å²) in [4.78, 5) is 44.4. The molecule has 1 aliphatic rings. The fraction of sp³-hybridized carbons (Fsp3) is 0.136. The standard InChI is InChI=1S/C22H30N3O5P13/c26-21-16(23-20(14-7-3-1-4-8-14)15-9-5-2-6-10-15)13-19(25(28)29)17-11-12-18(24(17)21)22(27)30-38(42(37)39(31)32)43(40(33)34)41(35)36/h1-10,13,18H,11-12,31-37H2. The molecule has 0 saturated carbocycles. The summed E-state index contributed by atoms with van der Waals surface area (Å²) < 4.78 is 7.65. The summed E-state index contributed by atoms with van der Waals surface area (Å²) in [6, 6.07) is 19.0. The summed E-state index contributed by atoms with van der Waals surface area (Å²) in [7, 11) is 19.1. The summed E-state index contributed by atoms with van der Waals surface area (Å²) in [6.07, 6.45) is 0.480. The predicted octanol–water partition coefficient (Wildman–Crippen LogP) is 10.9. The van der Waals surface area contributed by atoms with Crippen molar-refractivity contribution in [2.24, 2.45) is 4.99 Å². The fourth-order valence-corrected chi connectivity index (χ4v) is 99.5. The minimum Gasteiger partial charge on any atom is -0.433 e. The molecular weight excluding hydrogens is 789 g/mol. The molecule has 10 atom stereocenters. The van der Waals surface area contributed by atoms with E-state index >= 15 is 0 Å². The molecule has 2 heterocycles. The number of benzene rings is 2. The molecule has 2 aromatic carbocycles. The Balaban J connectivity index is 1.83. The first kappa shape index (κ1) is 37.3. The van der Waals surface area contributed by atoms with Crippen LogP contribution in [0.1, 0.15) is 29.3 Å². The lowest BCUT2D eigenvalue weighted by Gasteiger charge is -2.36. The van der Waals surface area contributed by atoms with E-state index in [1.165, 1.54) is 10.6 Å². The van der Waals surface area contributed by atoms with E-state index in [9.17, 15) is 19.7 Å².